The lowest BCUT2D eigenvalue weighted by molar-refractivity contribution is 0.362. The van der Waals surface area contributed by atoms with Crippen LogP contribution in [0.2, 0.25) is 5.02 Å². The van der Waals surface area contributed by atoms with E-state index in [9.17, 15) is 0 Å². The number of nitrogens with one attached hydrogen (secondary N) is 1. The van der Waals surface area contributed by atoms with Crippen molar-refractivity contribution in [2.75, 3.05) is 6.61 Å². The highest BCUT2D eigenvalue weighted by molar-refractivity contribution is 6.31. The fourth-order valence-corrected chi connectivity index (χ4v) is 2.09. The minimum absolute atomic E-state index is 0.524. The van der Waals surface area contributed by atoms with Crippen molar-refractivity contribution in [1.29, 1.82) is 0 Å². The zero-order chi connectivity index (χ0) is 14.2. The van der Waals surface area contributed by atoms with Crippen LogP contribution in [-0.4, -0.2) is 6.61 Å². The minimum Gasteiger partial charge on any atom is -0.490 e. The Kier molecular flexibility index (Phi) is 5.66. The molecule has 0 fully saturated rings. The zero-order valence-electron chi connectivity index (χ0n) is 11.3. The van der Waals surface area contributed by atoms with Crippen molar-refractivity contribution in [3.63, 3.8) is 0 Å². The van der Waals surface area contributed by atoms with E-state index < -0.39 is 0 Å². The van der Waals surface area contributed by atoms with Gasteiger partial charge in [-0.15, -0.1) is 0 Å². The van der Waals surface area contributed by atoms with Gasteiger partial charge in [-0.25, -0.2) is 0 Å². The highest BCUT2D eigenvalue weighted by atomic mass is 35.5. The maximum atomic E-state index is 6.12. The molecule has 0 aromatic heterocycles. The molecule has 2 aromatic carbocycles. The predicted molar refractivity (Wildman–Crippen MR) is 84.1 cm³/mol. The SMILES string of the molecule is C=CCOc1cccc(CNCc2ccccc2Cl)c1. The number of benzene rings is 2. The lowest BCUT2D eigenvalue weighted by Crippen LogP contribution is -2.13. The smallest absolute Gasteiger partial charge is 0.120 e. The van der Waals surface area contributed by atoms with Crippen LogP contribution in [-0.2, 0) is 13.1 Å². The molecule has 0 aliphatic heterocycles. The van der Waals surface area contributed by atoms with E-state index in [1.807, 2.05) is 42.5 Å². The second-order valence-electron chi connectivity index (χ2n) is 4.44. The summed E-state index contributed by atoms with van der Waals surface area (Å²) >= 11 is 6.12. The number of hydrogen-bond donors (Lipinski definition) is 1. The van der Waals surface area contributed by atoms with Crippen LogP contribution >= 0.6 is 11.6 Å². The average Bonchev–Trinajstić information content (AvgIpc) is 2.48. The number of ether oxygens (including phenoxy) is 1. The molecular formula is C17H18ClNO. The van der Waals surface area contributed by atoms with Gasteiger partial charge in [-0.1, -0.05) is 54.6 Å². The molecule has 1 N–H and O–H groups in total. The van der Waals surface area contributed by atoms with E-state index >= 15 is 0 Å². The van der Waals surface area contributed by atoms with Gasteiger partial charge in [-0.05, 0) is 29.3 Å². The molecule has 0 spiro atoms. The average molecular weight is 288 g/mol. The van der Waals surface area contributed by atoms with Crippen molar-refractivity contribution in [1.82, 2.24) is 5.32 Å². The molecule has 2 nitrogen and oxygen atoms in total. The van der Waals surface area contributed by atoms with Crippen molar-refractivity contribution in [2.45, 2.75) is 13.1 Å². The van der Waals surface area contributed by atoms with Crippen LogP contribution in [0.25, 0.3) is 0 Å². The number of halogens is 1. The summed E-state index contributed by atoms with van der Waals surface area (Å²) in [5.74, 6) is 0.863. The Morgan fingerprint density at radius 3 is 2.75 bits per heavy atom. The van der Waals surface area contributed by atoms with E-state index in [-0.39, 0.29) is 0 Å². The summed E-state index contributed by atoms with van der Waals surface area (Å²) in [5.41, 5.74) is 2.28. The first kappa shape index (κ1) is 14.6. The second kappa shape index (κ2) is 7.73. The fourth-order valence-electron chi connectivity index (χ4n) is 1.88. The van der Waals surface area contributed by atoms with Gasteiger partial charge in [0.1, 0.15) is 12.4 Å². The summed E-state index contributed by atoms with van der Waals surface area (Å²) in [4.78, 5) is 0. The molecule has 2 rings (SSSR count). The molecule has 0 saturated heterocycles. The molecule has 0 amide bonds. The Morgan fingerprint density at radius 1 is 1.10 bits per heavy atom. The van der Waals surface area contributed by atoms with Crippen molar-refractivity contribution in [3.8, 4) is 5.75 Å². The van der Waals surface area contributed by atoms with Crippen LogP contribution in [0.4, 0.5) is 0 Å². The Labute approximate surface area is 125 Å². The van der Waals surface area contributed by atoms with Crippen LogP contribution in [0.5, 0.6) is 5.75 Å². The van der Waals surface area contributed by atoms with E-state index in [4.69, 9.17) is 16.3 Å². The molecule has 20 heavy (non-hydrogen) atoms. The molecule has 0 aliphatic rings. The Balaban J connectivity index is 1.88. The third-order valence-corrected chi connectivity index (χ3v) is 3.24. The van der Waals surface area contributed by atoms with Gasteiger partial charge in [0.2, 0.25) is 0 Å². The lowest BCUT2D eigenvalue weighted by atomic mass is 10.2. The van der Waals surface area contributed by atoms with Crippen LogP contribution < -0.4 is 10.1 Å². The highest BCUT2D eigenvalue weighted by Gasteiger charge is 2.00. The summed E-state index contributed by atoms with van der Waals surface area (Å²) in [6, 6.07) is 15.9. The largest absolute Gasteiger partial charge is 0.490 e. The predicted octanol–water partition coefficient (Wildman–Crippen LogP) is 4.19. The molecule has 0 radical (unpaired) electrons. The topological polar surface area (TPSA) is 21.3 Å². The molecule has 0 unspecified atom stereocenters. The molecule has 0 saturated carbocycles. The first-order valence-corrected chi connectivity index (χ1v) is 6.94. The standard InChI is InChI=1S/C17H18ClNO/c1-2-10-20-16-8-5-6-14(11-16)12-19-13-15-7-3-4-9-17(15)18/h2-9,11,19H,1,10,12-13H2. The quantitative estimate of drug-likeness (QED) is 0.771. The van der Waals surface area contributed by atoms with E-state index in [1.165, 1.54) is 5.56 Å². The molecule has 2 aromatic rings. The van der Waals surface area contributed by atoms with Gasteiger partial charge in [-0.3, -0.25) is 0 Å². The Bertz CT molecular complexity index is 568. The summed E-state index contributed by atoms with van der Waals surface area (Å²) < 4.78 is 5.51. The van der Waals surface area contributed by atoms with Crippen molar-refractivity contribution >= 4 is 11.6 Å². The van der Waals surface area contributed by atoms with Gasteiger partial charge >= 0.3 is 0 Å². The van der Waals surface area contributed by atoms with Crippen LogP contribution in [0.1, 0.15) is 11.1 Å². The molecule has 0 heterocycles. The van der Waals surface area contributed by atoms with E-state index in [0.717, 1.165) is 29.4 Å². The molecule has 3 heteroatoms. The molecular weight excluding hydrogens is 270 g/mol. The number of hydrogen-bond acceptors (Lipinski definition) is 2. The second-order valence-corrected chi connectivity index (χ2v) is 4.85. The van der Waals surface area contributed by atoms with Gasteiger partial charge in [0.25, 0.3) is 0 Å². The van der Waals surface area contributed by atoms with E-state index in [1.54, 1.807) is 6.08 Å². The van der Waals surface area contributed by atoms with Gasteiger partial charge in [0.05, 0.1) is 0 Å². The summed E-state index contributed by atoms with van der Waals surface area (Å²) in [6.45, 7) is 5.69. The summed E-state index contributed by atoms with van der Waals surface area (Å²) in [7, 11) is 0. The molecule has 0 bridgehead atoms. The maximum absolute atomic E-state index is 6.12. The Hall–Kier alpha value is -1.77. The minimum atomic E-state index is 0.524. The summed E-state index contributed by atoms with van der Waals surface area (Å²) in [6.07, 6.45) is 1.74. The van der Waals surface area contributed by atoms with Crippen molar-refractivity contribution < 1.29 is 4.74 Å². The van der Waals surface area contributed by atoms with Crippen LogP contribution in [0, 0.1) is 0 Å². The van der Waals surface area contributed by atoms with Gasteiger partial charge in [0, 0.05) is 18.1 Å². The van der Waals surface area contributed by atoms with Gasteiger partial charge in [0.15, 0.2) is 0 Å². The monoisotopic (exact) mass is 287 g/mol. The first-order chi connectivity index (χ1) is 9.79. The lowest BCUT2D eigenvalue weighted by Gasteiger charge is -2.08. The highest BCUT2D eigenvalue weighted by Crippen LogP contribution is 2.16. The zero-order valence-corrected chi connectivity index (χ0v) is 12.1. The third kappa shape index (κ3) is 4.41. The maximum Gasteiger partial charge on any atom is 0.120 e. The number of rotatable bonds is 7. The van der Waals surface area contributed by atoms with E-state index in [0.29, 0.717) is 6.61 Å². The van der Waals surface area contributed by atoms with E-state index in [2.05, 4.69) is 18.0 Å². The fraction of sp³-hybridized carbons (Fsp3) is 0.176. The molecule has 0 atom stereocenters. The molecule has 104 valence electrons. The Morgan fingerprint density at radius 2 is 1.95 bits per heavy atom. The molecule has 0 aliphatic carbocycles. The van der Waals surface area contributed by atoms with Crippen molar-refractivity contribution in [2.24, 2.45) is 0 Å². The van der Waals surface area contributed by atoms with Crippen molar-refractivity contribution in [3.05, 3.63) is 77.3 Å². The normalized spacial score (nSPS) is 10.2. The van der Waals surface area contributed by atoms with Gasteiger partial charge < -0.3 is 10.1 Å². The van der Waals surface area contributed by atoms with Crippen LogP contribution in [0.15, 0.2) is 61.2 Å². The van der Waals surface area contributed by atoms with Gasteiger partial charge in [-0.2, -0.15) is 0 Å². The van der Waals surface area contributed by atoms with Crippen LogP contribution in [0.3, 0.4) is 0 Å². The summed E-state index contributed by atoms with van der Waals surface area (Å²) in [5, 5.41) is 4.18. The third-order valence-electron chi connectivity index (χ3n) is 2.87. The first-order valence-electron chi connectivity index (χ1n) is 6.56.